The molecule has 10 bridgehead atoms. The third-order valence-electron chi connectivity index (χ3n) is 11.1. The summed E-state index contributed by atoms with van der Waals surface area (Å²) in [5, 5.41) is 22.1. The Balaban J connectivity index is 1.07. The van der Waals surface area contributed by atoms with E-state index < -0.39 is 41.7 Å². The molecule has 8 aromatic rings. The number of amides is 5. The number of fused-ring (bicyclic) bond motifs is 14. The van der Waals surface area contributed by atoms with E-state index >= 15 is 0 Å². The number of nitrogens with one attached hydrogen (secondary N) is 5. The van der Waals surface area contributed by atoms with E-state index in [4.69, 9.17) is 29.4 Å². The summed E-state index contributed by atoms with van der Waals surface area (Å²) >= 11 is 7.34. The van der Waals surface area contributed by atoms with Crippen LogP contribution in [0.5, 0.6) is 0 Å². The molecule has 8 heterocycles. The summed E-state index contributed by atoms with van der Waals surface area (Å²) in [5.41, 5.74) is 3.48. The zero-order valence-electron chi connectivity index (χ0n) is 40.0. The summed E-state index contributed by atoms with van der Waals surface area (Å²) in [6.07, 6.45) is 1.25. The van der Waals surface area contributed by atoms with E-state index in [2.05, 4.69) is 41.5 Å². The van der Waals surface area contributed by atoms with Crippen molar-refractivity contribution in [2.75, 3.05) is 20.7 Å². The van der Waals surface area contributed by atoms with Crippen LogP contribution in [-0.2, 0) is 38.8 Å². The molecule has 9 rings (SSSR count). The quantitative estimate of drug-likeness (QED) is 0.0882. The maximum atomic E-state index is 14.2. The molecular weight excluding hydrogens is 1070 g/mol. The summed E-state index contributed by atoms with van der Waals surface area (Å²) in [5.74, 6) is -3.28. The van der Waals surface area contributed by atoms with Crippen LogP contribution in [0, 0.1) is 12.8 Å². The molecule has 0 saturated carbocycles. The minimum absolute atomic E-state index is 0.0561. The Labute approximate surface area is 446 Å². The van der Waals surface area contributed by atoms with E-state index in [0.717, 1.165) is 28.2 Å². The van der Waals surface area contributed by atoms with Crippen molar-refractivity contribution in [3.05, 3.63) is 117 Å². The van der Waals surface area contributed by atoms with Gasteiger partial charge in [-0.25, -0.2) is 39.7 Å². The first kappa shape index (κ1) is 51.8. The smallest absolute Gasteiger partial charge is 0.350 e. The molecule has 1 aliphatic rings. The Morgan fingerprint density at radius 1 is 0.716 bits per heavy atom. The second kappa shape index (κ2) is 23.0. The lowest BCUT2D eigenvalue weighted by molar-refractivity contribution is -0.121. The van der Waals surface area contributed by atoms with Gasteiger partial charge < -0.3 is 36.1 Å². The average molecular weight is 1110 g/mol. The average Bonchev–Trinajstić information content (AvgIpc) is 4.27. The molecule has 5 N–H and O–H groups in total. The summed E-state index contributed by atoms with van der Waals surface area (Å²) in [7, 11) is 2.97. The topological polar surface area (TPSA) is 271 Å². The summed E-state index contributed by atoms with van der Waals surface area (Å²) in [6.45, 7) is 5.40. The number of hydrogen-bond donors (Lipinski definition) is 5. The van der Waals surface area contributed by atoms with Gasteiger partial charge in [0.15, 0.2) is 0 Å². The van der Waals surface area contributed by atoms with Crippen molar-refractivity contribution in [2.24, 2.45) is 5.92 Å². The molecule has 0 radical (unpaired) electrons. The van der Waals surface area contributed by atoms with Crippen LogP contribution in [0.15, 0.2) is 64.8 Å². The van der Waals surface area contributed by atoms with E-state index in [9.17, 15) is 28.8 Å². The lowest BCUT2D eigenvalue weighted by Gasteiger charge is -2.20. The number of carbonyl (C=O) groups is 6. The molecule has 0 unspecified atom stereocenters. The molecule has 0 fully saturated rings. The second-order valence-electron chi connectivity index (χ2n) is 16.7. The van der Waals surface area contributed by atoms with E-state index in [-0.39, 0.29) is 66.5 Å². The summed E-state index contributed by atoms with van der Waals surface area (Å²) in [6, 6.07) is 11.3. The third kappa shape index (κ3) is 11.8. The third-order valence-corrected chi connectivity index (χ3v) is 16.9. The fourth-order valence-corrected chi connectivity index (χ4v) is 12.7. The number of hydrogen-bond acceptors (Lipinski definition) is 21. The maximum Gasteiger partial charge on any atom is 0.350 e. The number of carbonyl (C=O) groups excluding carboxylic acids is 6. The van der Waals surface area contributed by atoms with Crippen molar-refractivity contribution in [1.82, 2.24) is 61.5 Å². The maximum absolute atomic E-state index is 14.2. The summed E-state index contributed by atoms with van der Waals surface area (Å²) in [4.78, 5) is 116. The van der Waals surface area contributed by atoms with Crippen LogP contribution in [0.4, 0.5) is 0 Å². The zero-order valence-corrected chi connectivity index (χ0v) is 44.9. The molecule has 380 valence electrons. The van der Waals surface area contributed by atoms with Crippen molar-refractivity contribution >= 4 is 104 Å². The van der Waals surface area contributed by atoms with Crippen LogP contribution in [0.25, 0.3) is 43.4 Å². The fourth-order valence-electron chi connectivity index (χ4n) is 7.33. The number of benzene rings is 1. The van der Waals surface area contributed by atoms with Gasteiger partial charge in [-0.2, -0.15) is 0 Å². The van der Waals surface area contributed by atoms with Crippen LogP contribution in [-0.4, -0.2) is 91.1 Å². The molecule has 20 nitrogen and oxygen atoms in total. The molecule has 5 amide bonds. The van der Waals surface area contributed by atoms with Crippen LogP contribution in [0.3, 0.4) is 0 Å². The van der Waals surface area contributed by atoms with Crippen molar-refractivity contribution in [2.45, 2.75) is 59.0 Å². The van der Waals surface area contributed by atoms with Gasteiger partial charge in [-0.05, 0) is 30.5 Å². The zero-order chi connectivity index (χ0) is 52.0. The molecular formula is C48H44N12O8S6. The molecule has 2 atom stereocenters. The minimum atomic E-state index is -0.955. The molecule has 0 saturated heterocycles. The Kier molecular flexibility index (Phi) is 16.1. The summed E-state index contributed by atoms with van der Waals surface area (Å²) < 4.78 is 10.9. The highest BCUT2D eigenvalue weighted by Crippen LogP contribution is 2.39. The number of pyridine rings is 1. The first-order valence-corrected chi connectivity index (χ1v) is 27.7. The molecule has 7 aromatic heterocycles. The van der Waals surface area contributed by atoms with Gasteiger partial charge in [-0.1, -0.05) is 44.2 Å². The predicted molar refractivity (Wildman–Crippen MR) is 282 cm³/mol. The van der Waals surface area contributed by atoms with Crippen molar-refractivity contribution in [1.29, 1.82) is 0 Å². The molecule has 1 aliphatic heterocycles. The van der Waals surface area contributed by atoms with Gasteiger partial charge in [-0.15, -0.1) is 68.0 Å². The van der Waals surface area contributed by atoms with Gasteiger partial charge in [0.05, 0.1) is 55.0 Å². The monoisotopic (exact) mass is 1110 g/mol. The Morgan fingerprint density at radius 2 is 1.47 bits per heavy atom. The van der Waals surface area contributed by atoms with Crippen LogP contribution >= 0.6 is 68.0 Å². The number of rotatable bonds is 9. The first-order valence-electron chi connectivity index (χ1n) is 22.6. The Morgan fingerprint density at radius 3 is 2.26 bits per heavy atom. The largest absolute Gasteiger partial charge is 0.457 e. The highest BCUT2D eigenvalue weighted by Gasteiger charge is 2.31. The lowest BCUT2D eigenvalue weighted by atomic mass is 10.0. The van der Waals surface area contributed by atoms with Crippen molar-refractivity contribution < 1.29 is 38.2 Å². The highest BCUT2D eigenvalue weighted by atomic mass is 32.1. The fraction of sp³-hybridized carbons (Fsp3) is 0.271. The van der Waals surface area contributed by atoms with Gasteiger partial charge >= 0.3 is 5.97 Å². The van der Waals surface area contributed by atoms with Gasteiger partial charge in [0, 0.05) is 40.7 Å². The number of ether oxygens (including phenoxy) is 2. The standard InChI is InChI=1S/C48H44N12O8S6/c1-22(2)36-47-60-39(32(74-47)18-67-5)41(64)51-15-34(62)50-16-35-53-30(21-69-35)45-56-28(19-71-45)38-25(11-12-26(54-38)44-52-14-31(73-44)48(66)68-17-24-9-7-6-8-10-24)43-57-29(20-70-43)40(63)55-27(13-33(61)49-4)46-59-37(23(3)72-46)42(65)58-36/h6-12,14,19-22,27,36H,13,15-18H2,1-5H3,(H,49,61)(H,50,62)(H,51,64)(H,55,63)(H,58,65)/t27-,36+/m1/s1. The molecule has 0 spiro atoms. The van der Waals surface area contributed by atoms with Crippen LogP contribution in [0.2, 0.25) is 0 Å². The van der Waals surface area contributed by atoms with Gasteiger partial charge in [0.1, 0.15) is 75.7 Å². The van der Waals surface area contributed by atoms with Crippen molar-refractivity contribution in [3.8, 4) is 43.4 Å². The number of esters is 1. The molecule has 1 aromatic carbocycles. The van der Waals surface area contributed by atoms with Gasteiger partial charge in [-0.3, -0.25) is 24.0 Å². The van der Waals surface area contributed by atoms with Crippen LogP contribution < -0.4 is 26.6 Å². The Hall–Kier alpha value is -7.07. The number of aryl methyl sites for hydroxylation is 1. The highest BCUT2D eigenvalue weighted by molar-refractivity contribution is 7.17. The number of nitrogens with zero attached hydrogens (tertiary/aromatic N) is 7. The van der Waals surface area contributed by atoms with Crippen LogP contribution in [0.1, 0.15) is 104 Å². The SMILES string of the molecule is CNC(=O)C[C@H]1NC(=O)c2csc(n2)-c2ccc(-c3ncc(C(=O)OCc4ccccc4)s3)nc2-c2csc(n2)-c2csc(n2)CNC(=O)CNC(=O)c2nc(sc2COC)[C@H](C(C)C)NC(=O)c2nc1sc2C. The molecule has 74 heavy (non-hydrogen) atoms. The van der Waals surface area contributed by atoms with E-state index in [1.54, 1.807) is 24.4 Å². The van der Waals surface area contributed by atoms with Gasteiger partial charge in [0.25, 0.3) is 17.7 Å². The lowest BCUT2D eigenvalue weighted by Crippen LogP contribution is -2.37. The first-order chi connectivity index (χ1) is 35.7. The van der Waals surface area contributed by atoms with Gasteiger partial charge in [0.2, 0.25) is 11.8 Å². The second-order valence-corrected chi connectivity index (χ2v) is 22.7. The number of thiazole rings is 6. The van der Waals surface area contributed by atoms with E-state index in [0.29, 0.717) is 68.1 Å². The normalized spacial score (nSPS) is 15.4. The Bertz CT molecular complexity index is 3400. The number of aromatic nitrogens is 7. The molecule has 26 heteroatoms. The molecule has 0 aliphatic carbocycles. The van der Waals surface area contributed by atoms with E-state index in [1.807, 2.05) is 54.9 Å². The van der Waals surface area contributed by atoms with Crippen molar-refractivity contribution in [3.63, 3.8) is 0 Å². The number of methoxy groups -OCH3 is 1. The predicted octanol–water partition coefficient (Wildman–Crippen LogP) is 7.39. The van der Waals surface area contributed by atoms with E-state index in [1.165, 1.54) is 65.7 Å². The minimum Gasteiger partial charge on any atom is -0.457 e.